The van der Waals surface area contributed by atoms with Crippen molar-refractivity contribution in [1.29, 1.82) is 0 Å². The number of nitrogen functional groups attached to an aromatic ring is 1. The van der Waals surface area contributed by atoms with Gasteiger partial charge in [0.2, 0.25) is 23.7 Å². The number of likely N-dealkylation sites (tertiary alicyclic amines) is 2. The minimum absolute atomic E-state index is 0.0470. The summed E-state index contributed by atoms with van der Waals surface area (Å²) in [6, 6.07) is 15.9. The maximum Gasteiger partial charge on any atom is 0.246 e. The largest absolute Gasteiger partial charge is 0.507 e. The van der Waals surface area contributed by atoms with Gasteiger partial charge in [-0.05, 0) is 129 Å². The number of aryl methyl sites for hydroxylation is 1. The molecular formula is C56H70N12O5S. The van der Waals surface area contributed by atoms with E-state index in [0.29, 0.717) is 35.5 Å². The molecule has 5 aromatic rings. The number of hydrogen-bond donors (Lipinski definition) is 5. The Morgan fingerprint density at radius 3 is 2.26 bits per heavy atom. The summed E-state index contributed by atoms with van der Waals surface area (Å²) in [6.45, 7) is 12.9. The summed E-state index contributed by atoms with van der Waals surface area (Å²) in [5, 5.41) is 35.8. The van der Waals surface area contributed by atoms with Gasteiger partial charge in [0.05, 0.1) is 33.6 Å². The number of piperazine rings is 1. The van der Waals surface area contributed by atoms with E-state index in [4.69, 9.17) is 15.7 Å². The van der Waals surface area contributed by atoms with Crippen LogP contribution >= 0.6 is 11.3 Å². The number of rotatable bonds is 13. The number of nitrogens with zero attached hydrogens (tertiary/aromatic N) is 9. The second kappa shape index (κ2) is 20.1. The number of aliphatic hydroxyl groups excluding tert-OH is 1. The highest BCUT2D eigenvalue weighted by Gasteiger charge is 2.56. The quantitative estimate of drug-likeness (QED) is 0.0874. The van der Waals surface area contributed by atoms with Crippen LogP contribution in [0, 0.1) is 29.6 Å². The molecule has 17 nitrogen and oxygen atoms in total. The van der Waals surface area contributed by atoms with Crippen molar-refractivity contribution in [1.82, 2.24) is 45.6 Å². The van der Waals surface area contributed by atoms with Gasteiger partial charge >= 0.3 is 0 Å². The van der Waals surface area contributed by atoms with Gasteiger partial charge in [-0.15, -0.1) is 21.5 Å². The molecule has 1 spiro atoms. The number of phenolic OH excluding ortho intramolecular Hbond substituents is 1. The van der Waals surface area contributed by atoms with Gasteiger partial charge in [-0.1, -0.05) is 57.2 Å². The van der Waals surface area contributed by atoms with Crippen LogP contribution in [-0.2, 0) is 20.9 Å². The molecule has 2 bridgehead atoms. The van der Waals surface area contributed by atoms with Crippen LogP contribution in [0.5, 0.6) is 5.75 Å². The number of phenols is 1. The van der Waals surface area contributed by atoms with Crippen LogP contribution in [0.25, 0.3) is 21.7 Å². The molecule has 6 fully saturated rings. The Hall–Kier alpha value is -6.24. The average molecular weight is 1020 g/mol. The van der Waals surface area contributed by atoms with Crippen molar-refractivity contribution in [2.45, 2.75) is 128 Å². The number of β-amino-alcohol motifs (C(OH)–C–C–N with tert-alkyl or cyclic N) is 1. The normalized spacial score (nSPS) is 26.4. The number of thiazole rings is 1. The molecule has 11 rings (SSSR count). The zero-order valence-corrected chi connectivity index (χ0v) is 43.8. The molecule has 0 radical (unpaired) electrons. The third-order valence-corrected chi connectivity index (χ3v) is 18.1. The van der Waals surface area contributed by atoms with Crippen molar-refractivity contribution in [3.63, 3.8) is 0 Å². The summed E-state index contributed by atoms with van der Waals surface area (Å²) in [5.74, 6) is 1.52. The molecule has 390 valence electrons. The number of aromatic hydroxyl groups is 1. The Morgan fingerprint density at radius 1 is 0.892 bits per heavy atom. The lowest BCUT2D eigenvalue weighted by Crippen LogP contribution is -2.60. The van der Waals surface area contributed by atoms with Crippen LogP contribution < -0.4 is 26.2 Å². The lowest BCUT2D eigenvalue weighted by atomic mass is 9.48. The van der Waals surface area contributed by atoms with E-state index < -0.39 is 23.6 Å². The number of carbonyl (C=O) groups is 3. The monoisotopic (exact) mass is 1020 g/mol. The number of fused-ring (bicyclic) bond motifs is 2. The van der Waals surface area contributed by atoms with Gasteiger partial charge < -0.3 is 46.2 Å². The Morgan fingerprint density at radius 2 is 1.59 bits per heavy atom. The fourth-order valence-electron chi connectivity index (χ4n) is 13.2. The van der Waals surface area contributed by atoms with Gasteiger partial charge in [0.1, 0.15) is 17.8 Å². The smallest absolute Gasteiger partial charge is 0.246 e. The lowest BCUT2D eigenvalue weighted by Gasteiger charge is -2.58. The summed E-state index contributed by atoms with van der Waals surface area (Å²) in [6.07, 6.45) is 11.6. The highest BCUT2D eigenvalue weighted by Crippen LogP contribution is 2.61. The number of piperidine rings is 1. The van der Waals surface area contributed by atoms with Crippen LogP contribution in [0.15, 0.2) is 72.5 Å². The molecule has 5 unspecified atom stereocenters. The molecule has 3 amide bonds. The first-order valence-corrected chi connectivity index (χ1v) is 27.5. The van der Waals surface area contributed by atoms with E-state index in [-0.39, 0.29) is 59.9 Å². The highest BCUT2D eigenvalue weighted by atomic mass is 32.1. The van der Waals surface area contributed by atoms with E-state index in [9.17, 15) is 24.6 Å². The molecule has 4 aliphatic heterocycles. The van der Waals surface area contributed by atoms with E-state index in [1.54, 1.807) is 23.5 Å². The number of hydrogen-bond acceptors (Lipinski definition) is 15. The van der Waals surface area contributed by atoms with Crippen LogP contribution in [0.1, 0.15) is 101 Å². The standard InChI is InChI=1S/C56H70N12O5S/c1-33-48(74-32-61-33)37-11-9-34(10-12-37)25-58-52(72)46-19-42(69)31-67(46)53(73)49(55(2,3)4)62-51(71)38-23-56(24-38)21-35(22-56)28-65-17-15-36(16-18-65)39-26-59-54(60-27-39)68-40-13-14-41(68)30-66(29-40)45-20-44(63-64-50(45)57)43-7-5-6-8-47(43)70/h5-12,20,26-27,32,35-36,38,40-42,46,49,69-70H,13-19,21-25,28-31H2,1-4H3,(H2,57,64)(H,58,72)(H,62,71). The van der Waals surface area contributed by atoms with Crippen molar-refractivity contribution in [2.75, 3.05) is 54.8 Å². The van der Waals surface area contributed by atoms with Crippen molar-refractivity contribution < 1.29 is 24.6 Å². The van der Waals surface area contributed by atoms with Gasteiger partial charge in [-0.25, -0.2) is 15.0 Å². The van der Waals surface area contributed by atoms with Crippen molar-refractivity contribution in [3.8, 4) is 27.4 Å². The second-order valence-corrected chi connectivity index (χ2v) is 24.2. The summed E-state index contributed by atoms with van der Waals surface area (Å²) in [4.78, 5) is 65.9. The summed E-state index contributed by atoms with van der Waals surface area (Å²) in [7, 11) is 0. The van der Waals surface area contributed by atoms with Gasteiger partial charge in [0.25, 0.3) is 0 Å². The minimum Gasteiger partial charge on any atom is -0.507 e. The Bertz CT molecular complexity index is 2840. The summed E-state index contributed by atoms with van der Waals surface area (Å²) >= 11 is 1.59. The van der Waals surface area contributed by atoms with Crippen LogP contribution in [0.3, 0.4) is 0 Å². The molecule has 3 aromatic heterocycles. The van der Waals surface area contributed by atoms with Gasteiger partial charge in [0.15, 0.2) is 5.82 Å². The van der Waals surface area contributed by atoms with E-state index in [1.807, 2.05) is 75.7 Å². The first kappa shape index (κ1) is 49.9. The predicted octanol–water partition coefficient (Wildman–Crippen LogP) is 6.31. The Labute approximate surface area is 437 Å². The zero-order chi connectivity index (χ0) is 51.5. The summed E-state index contributed by atoms with van der Waals surface area (Å²) < 4.78 is 0. The number of para-hydroxylation sites is 1. The molecule has 2 aromatic carbocycles. The van der Waals surface area contributed by atoms with E-state index in [0.717, 1.165) is 117 Å². The second-order valence-electron chi connectivity index (χ2n) is 23.4. The number of nitrogens with one attached hydrogen (secondary N) is 2. The number of aromatic nitrogens is 5. The van der Waals surface area contributed by atoms with Crippen molar-refractivity contribution in [2.24, 2.45) is 22.7 Å². The number of carbonyl (C=O) groups excluding carboxylic acids is 3. The topological polar surface area (TPSA) is 219 Å². The number of anilines is 3. The Balaban J connectivity index is 0.617. The molecular weight excluding hydrogens is 953 g/mol. The van der Waals surface area contributed by atoms with E-state index >= 15 is 0 Å². The zero-order valence-electron chi connectivity index (χ0n) is 43.0. The first-order valence-electron chi connectivity index (χ1n) is 26.6. The lowest BCUT2D eigenvalue weighted by molar-refractivity contribution is -0.149. The molecule has 6 aliphatic rings. The molecule has 6 N–H and O–H groups in total. The fraction of sp³-hybridized carbons (Fsp3) is 0.536. The molecule has 2 saturated carbocycles. The maximum atomic E-state index is 14.3. The molecule has 74 heavy (non-hydrogen) atoms. The highest BCUT2D eigenvalue weighted by molar-refractivity contribution is 7.13. The van der Waals surface area contributed by atoms with Gasteiger partial charge in [-0.3, -0.25) is 14.4 Å². The van der Waals surface area contributed by atoms with Crippen LogP contribution in [0.4, 0.5) is 17.5 Å². The average Bonchev–Trinajstić information content (AvgIpc) is 4.06. The number of benzene rings is 2. The van der Waals surface area contributed by atoms with Crippen LogP contribution in [-0.4, -0.2) is 132 Å². The maximum absolute atomic E-state index is 14.3. The molecule has 7 heterocycles. The third kappa shape index (κ3) is 10.0. The number of nitrogens with two attached hydrogens (primary N) is 1. The summed E-state index contributed by atoms with van der Waals surface area (Å²) in [5.41, 5.74) is 14.1. The predicted molar refractivity (Wildman–Crippen MR) is 285 cm³/mol. The molecule has 2 aliphatic carbocycles. The van der Waals surface area contributed by atoms with E-state index in [2.05, 4.69) is 52.9 Å². The Kier molecular flexibility index (Phi) is 13.6. The molecule has 5 atom stereocenters. The number of amides is 3. The fourth-order valence-corrected chi connectivity index (χ4v) is 14.0. The van der Waals surface area contributed by atoms with E-state index in [1.165, 1.54) is 10.5 Å². The number of aliphatic hydroxyl groups is 1. The van der Waals surface area contributed by atoms with Gasteiger partial charge in [0, 0.05) is 75.1 Å². The van der Waals surface area contributed by atoms with Crippen LogP contribution in [0.2, 0.25) is 0 Å². The molecule has 4 saturated heterocycles. The third-order valence-electron chi connectivity index (χ3n) is 17.1. The first-order chi connectivity index (χ1) is 35.6. The van der Waals surface area contributed by atoms with Gasteiger partial charge in [-0.2, -0.15) is 0 Å². The van der Waals surface area contributed by atoms with Crippen molar-refractivity contribution >= 4 is 46.5 Å². The molecule has 18 heteroatoms. The van der Waals surface area contributed by atoms with Crippen molar-refractivity contribution in [3.05, 3.63) is 89.3 Å². The minimum atomic E-state index is -0.835. The SMILES string of the molecule is Cc1ncsc1-c1ccc(CNC(=O)C2CC(O)CN2C(=O)C(NC(=O)C2CC3(CC(CN4CCC(c5cnc(N6C7CCC6CN(c6cc(-c8ccccc8O)nnc6N)C7)nc5)CC4)C3)C2)C(C)(C)C)cc1.